The second-order valence-corrected chi connectivity index (χ2v) is 8.88. The molecule has 1 aliphatic carbocycles. The Labute approximate surface area is 179 Å². The number of hydrogen-bond donors (Lipinski definition) is 1. The minimum Gasteiger partial charge on any atom is -0.332 e. The van der Waals surface area contributed by atoms with Crippen molar-refractivity contribution in [3.8, 4) is 0 Å². The largest absolute Gasteiger partial charge is 0.416 e. The highest BCUT2D eigenvalue weighted by atomic mass is 19.4. The van der Waals surface area contributed by atoms with Crippen molar-refractivity contribution in [3.63, 3.8) is 0 Å². The average molecular weight is 433 g/mol. The van der Waals surface area contributed by atoms with Gasteiger partial charge in [-0.1, -0.05) is 32.0 Å². The molecule has 1 aromatic heterocycles. The highest BCUT2D eigenvalue weighted by molar-refractivity contribution is 5.98. The van der Waals surface area contributed by atoms with Crippen LogP contribution < -0.4 is 0 Å². The van der Waals surface area contributed by atoms with Crippen LogP contribution in [0.3, 0.4) is 0 Å². The molecule has 0 spiro atoms. The monoisotopic (exact) mass is 433 g/mol. The fourth-order valence-corrected chi connectivity index (χ4v) is 4.84. The third kappa shape index (κ3) is 4.12. The van der Waals surface area contributed by atoms with Crippen molar-refractivity contribution >= 4 is 11.7 Å². The normalized spacial score (nSPS) is 21.4. The molecule has 2 aliphatic rings. The van der Waals surface area contributed by atoms with Crippen molar-refractivity contribution in [1.29, 1.82) is 0 Å². The summed E-state index contributed by atoms with van der Waals surface area (Å²) in [5, 5.41) is 7.11. The van der Waals surface area contributed by atoms with E-state index < -0.39 is 11.7 Å². The third-order valence-corrected chi connectivity index (χ3v) is 6.49. The number of aromatic amines is 1. The Kier molecular flexibility index (Phi) is 5.66. The molecule has 2 heterocycles. The molecule has 0 unspecified atom stereocenters. The Balaban J connectivity index is 1.44. The highest BCUT2D eigenvalue weighted by Crippen LogP contribution is 2.42. The fourth-order valence-electron chi connectivity index (χ4n) is 4.84. The quantitative estimate of drug-likeness (QED) is 0.684. The van der Waals surface area contributed by atoms with Crippen molar-refractivity contribution in [3.05, 3.63) is 52.3 Å². The molecule has 1 fully saturated rings. The van der Waals surface area contributed by atoms with Crippen LogP contribution in [0.25, 0.3) is 0 Å². The van der Waals surface area contributed by atoms with Gasteiger partial charge in [0.25, 0.3) is 0 Å². The standard InChI is InChI=1S/C23H26F3N3O2/c1-13(2)22(31)29-11-17-19(12-29)27-28-20(17)21(30)15-9-7-14(8-10-15)16-5-3-4-6-18(16)23(24,25)26/h3-6,13-15H,7-12H2,1-2H3,(H,27,28). The number of benzene rings is 1. The SMILES string of the molecule is CC(C)C(=O)N1Cc2[nH]nc(C(=O)C3CCC(c4ccccc4C(F)(F)F)CC3)c2C1. The summed E-state index contributed by atoms with van der Waals surface area (Å²) < 4.78 is 40.1. The molecule has 0 saturated heterocycles. The van der Waals surface area contributed by atoms with Gasteiger partial charge in [0.1, 0.15) is 5.69 Å². The van der Waals surface area contributed by atoms with Crippen LogP contribution in [-0.4, -0.2) is 26.8 Å². The van der Waals surface area contributed by atoms with E-state index in [-0.39, 0.29) is 29.4 Å². The van der Waals surface area contributed by atoms with Gasteiger partial charge in [0.15, 0.2) is 5.78 Å². The average Bonchev–Trinajstić information content (AvgIpc) is 3.33. The van der Waals surface area contributed by atoms with Gasteiger partial charge in [0, 0.05) is 17.4 Å². The first kappa shape index (κ1) is 21.6. The van der Waals surface area contributed by atoms with Gasteiger partial charge in [-0.2, -0.15) is 18.3 Å². The predicted molar refractivity (Wildman–Crippen MR) is 108 cm³/mol. The third-order valence-electron chi connectivity index (χ3n) is 6.49. The summed E-state index contributed by atoms with van der Waals surface area (Å²) in [6, 6.07) is 5.73. The van der Waals surface area contributed by atoms with Crippen LogP contribution in [0.15, 0.2) is 24.3 Å². The van der Waals surface area contributed by atoms with E-state index in [0.717, 1.165) is 17.3 Å². The highest BCUT2D eigenvalue weighted by Gasteiger charge is 2.38. The van der Waals surface area contributed by atoms with E-state index in [9.17, 15) is 22.8 Å². The zero-order chi connectivity index (χ0) is 22.3. The lowest BCUT2D eigenvalue weighted by molar-refractivity contribution is -0.138. The van der Waals surface area contributed by atoms with E-state index in [2.05, 4.69) is 10.2 Å². The van der Waals surface area contributed by atoms with E-state index >= 15 is 0 Å². The van der Waals surface area contributed by atoms with E-state index in [1.54, 1.807) is 17.0 Å². The summed E-state index contributed by atoms with van der Waals surface area (Å²) in [6.07, 6.45) is -2.24. The number of carbonyl (C=O) groups excluding carboxylic acids is 2. The summed E-state index contributed by atoms with van der Waals surface area (Å²) in [5.41, 5.74) is 1.70. The Morgan fingerprint density at radius 2 is 1.77 bits per heavy atom. The van der Waals surface area contributed by atoms with Crippen LogP contribution in [0, 0.1) is 11.8 Å². The Hall–Kier alpha value is -2.64. The second-order valence-electron chi connectivity index (χ2n) is 8.88. The maximum absolute atomic E-state index is 13.4. The molecule has 31 heavy (non-hydrogen) atoms. The lowest BCUT2D eigenvalue weighted by Crippen LogP contribution is -2.30. The number of alkyl halides is 3. The van der Waals surface area contributed by atoms with E-state index in [4.69, 9.17) is 0 Å². The first-order chi connectivity index (χ1) is 14.7. The Bertz CT molecular complexity index is 988. The van der Waals surface area contributed by atoms with Gasteiger partial charge in [-0.25, -0.2) is 0 Å². The van der Waals surface area contributed by atoms with Gasteiger partial charge >= 0.3 is 6.18 Å². The number of hydrogen-bond acceptors (Lipinski definition) is 3. The van der Waals surface area contributed by atoms with Crippen LogP contribution in [0.2, 0.25) is 0 Å². The van der Waals surface area contributed by atoms with Gasteiger partial charge in [-0.15, -0.1) is 0 Å². The number of rotatable bonds is 4. The smallest absolute Gasteiger partial charge is 0.332 e. The van der Waals surface area contributed by atoms with Gasteiger partial charge in [0.05, 0.1) is 24.3 Å². The number of nitrogens with one attached hydrogen (secondary N) is 1. The molecule has 1 saturated carbocycles. The number of H-pyrrole nitrogens is 1. The number of amides is 1. The Morgan fingerprint density at radius 1 is 1.10 bits per heavy atom. The van der Waals surface area contributed by atoms with Crippen LogP contribution >= 0.6 is 0 Å². The number of halogens is 3. The number of Topliss-reactive ketones (excluding diaryl/α,β-unsaturated/α-hetero) is 1. The number of aromatic nitrogens is 2. The van der Waals surface area contributed by atoms with Gasteiger partial charge in [0.2, 0.25) is 5.91 Å². The van der Waals surface area contributed by atoms with Crippen molar-refractivity contribution in [2.24, 2.45) is 11.8 Å². The van der Waals surface area contributed by atoms with Crippen molar-refractivity contribution in [2.75, 3.05) is 0 Å². The first-order valence-corrected chi connectivity index (χ1v) is 10.7. The number of ketones is 1. The molecule has 166 valence electrons. The summed E-state index contributed by atoms with van der Waals surface area (Å²) in [6.45, 7) is 4.48. The van der Waals surface area contributed by atoms with Crippen molar-refractivity contribution in [2.45, 2.75) is 64.7 Å². The van der Waals surface area contributed by atoms with E-state index in [1.807, 2.05) is 13.8 Å². The predicted octanol–water partition coefficient (Wildman–Crippen LogP) is 5.08. The molecular weight excluding hydrogens is 407 g/mol. The van der Waals surface area contributed by atoms with Crippen LogP contribution in [0.4, 0.5) is 13.2 Å². The number of carbonyl (C=O) groups is 2. The molecule has 0 atom stereocenters. The van der Waals surface area contributed by atoms with Crippen molar-refractivity contribution < 1.29 is 22.8 Å². The molecule has 1 aliphatic heterocycles. The van der Waals surface area contributed by atoms with Crippen molar-refractivity contribution in [1.82, 2.24) is 15.1 Å². The van der Waals surface area contributed by atoms with Crippen LogP contribution in [-0.2, 0) is 24.1 Å². The first-order valence-electron chi connectivity index (χ1n) is 10.7. The fraction of sp³-hybridized carbons (Fsp3) is 0.522. The van der Waals surface area contributed by atoms with E-state index in [1.165, 1.54) is 6.07 Å². The minimum atomic E-state index is -4.38. The zero-order valence-electron chi connectivity index (χ0n) is 17.6. The molecule has 0 radical (unpaired) electrons. The minimum absolute atomic E-state index is 0.0341. The molecular formula is C23H26F3N3O2. The van der Waals surface area contributed by atoms with Gasteiger partial charge in [-0.3, -0.25) is 14.7 Å². The van der Waals surface area contributed by atoms with Crippen LogP contribution in [0.5, 0.6) is 0 Å². The maximum atomic E-state index is 13.4. The molecule has 0 bridgehead atoms. The van der Waals surface area contributed by atoms with Gasteiger partial charge in [-0.05, 0) is 43.2 Å². The molecule has 4 rings (SSSR count). The Morgan fingerprint density at radius 3 is 2.42 bits per heavy atom. The maximum Gasteiger partial charge on any atom is 0.416 e. The second kappa shape index (κ2) is 8.13. The topological polar surface area (TPSA) is 66.1 Å². The van der Waals surface area contributed by atoms with Gasteiger partial charge < -0.3 is 4.90 Å². The summed E-state index contributed by atoms with van der Waals surface area (Å²) >= 11 is 0. The molecule has 1 amide bonds. The zero-order valence-corrected chi connectivity index (χ0v) is 17.6. The van der Waals surface area contributed by atoms with Crippen LogP contribution in [0.1, 0.15) is 78.3 Å². The molecule has 5 nitrogen and oxygen atoms in total. The number of fused-ring (bicyclic) bond motifs is 1. The summed E-state index contributed by atoms with van der Waals surface area (Å²) in [7, 11) is 0. The lowest BCUT2D eigenvalue weighted by Gasteiger charge is -2.29. The number of nitrogens with zero attached hydrogens (tertiary/aromatic N) is 2. The molecule has 1 aromatic carbocycles. The molecule has 2 aromatic rings. The summed E-state index contributed by atoms with van der Waals surface area (Å²) in [5.74, 6) is -0.612. The van der Waals surface area contributed by atoms with E-state index in [0.29, 0.717) is 50.0 Å². The lowest BCUT2D eigenvalue weighted by atomic mass is 9.75. The molecule has 1 N–H and O–H groups in total. The molecule has 8 heteroatoms. The summed E-state index contributed by atoms with van der Waals surface area (Å²) in [4.78, 5) is 27.1.